The van der Waals surface area contributed by atoms with Crippen molar-refractivity contribution in [2.45, 2.75) is 149 Å². The molecule has 0 radical (unpaired) electrons. The highest BCUT2D eigenvalue weighted by molar-refractivity contribution is 7.00. The van der Waals surface area contributed by atoms with E-state index in [-0.39, 0.29) is 39.3 Å². The van der Waals surface area contributed by atoms with E-state index in [1.54, 1.807) is 0 Å². The third-order valence-corrected chi connectivity index (χ3v) is 18.2. The number of hydrogen-bond donors (Lipinski definition) is 0. The normalized spacial score (nSPS) is 18.8. The molecule has 0 spiro atoms. The molecule has 2 atom stereocenters. The number of aryl methyl sites for hydroxylation is 2. The Hall–Kier alpha value is -6.78. The fourth-order valence-electron chi connectivity index (χ4n) is 13.6. The first kappa shape index (κ1) is 49.1. The summed E-state index contributed by atoms with van der Waals surface area (Å²) < 4.78 is 0. The van der Waals surface area contributed by atoms with Gasteiger partial charge in [0.25, 0.3) is 6.71 Å². The summed E-state index contributed by atoms with van der Waals surface area (Å²) in [6.45, 7) is 35.4. The maximum atomic E-state index is 2.75. The fraction of sp³-hybridized carbons (Fsp3) is 0.324. The molecule has 3 aliphatic heterocycles. The van der Waals surface area contributed by atoms with Gasteiger partial charge in [-0.15, -0.1) is 0 Å². The van der Waals surface area contributed by atoms with Crippen molar-refractivity contribution < 1.29 is 0 Å². The van der Waals surface area contributed by atoms with Gasteiger partial charge in [0.15, 0.2) is 0 Å². The Morgan fingerprint density at radius 1 is 0.427 bits per heavy atom. The van der Waals surface area contributed by atoms with Crippen LogP contribution >= 0.6 is 0 Å². The summed E-state index contributed by atoms with van der Waals surface area (Å²) in [5.74, 6) is 0. The standard InChI is InChI=1S/C71H76BN3/c1-45-39-63-65-64(40-45)74(59-35-28-49(67(5,6)7)41-54(59)46-21-17-16-18-22-46)61-43-51(69(11,12)13)27-33-57(61)72(65)58-34-32-53(44-62(58)73(63)52-30-25-48(26-31-52)66(2,3)4)75-60-36-29-50(68(8,9)10)42-56(60)70(14)38-37-47-23-19-20-24-55(47)71(70,75)15/h16-36,39-44H,37-38H2,1-15H3. The van der Waals surface area contributed by atoms with Crippen molar-refractivity contribution >= 4 is 68.6 Å². The van der Waals surface area contributed by atoms with E-state index in [1.165, 1.54) is 118 Å². The smallest absolute Gasteiger partial charge is 0.252 e. The molecule has 0 bridgehead atoms. The number of fused-ring (bicyclic) bond motifs is 9. The molecule has 0 N–H and O–H groups in total. The number of nitrogens with zero attached hydrogens (tertiary/aromatic N) is 3. The van der Waals surface area contributed by atoms with Crippen LogP contribution in [0.25, 0.3) is 11.1 Å². The summed E-state index contributed by atoms with van der Waals surface area (Å²) in [4.78, 5) is 8.01. The van der Waals surface area contributed by atoms with E-state index in [2.05, 4.69) is 282 Å². The van der Waals surface area contributed by atoms with Gasteiger partial charge in [-0.1, -0.05) is 193 Å². The van der Waals surface area contributed by atoms with E-state index < -0.39 is 0 Å². The lowest BCUT2D eigenvalue weighted by molar-refractivity contribution is 0.245. The van der Waals surface area contributed by atoms with E-state index in [1.807, 2.05) is 0 Å². The topological polar surface area (TPSA) is 9.72 Å². The van der Waals surface area contributed by atoms with Gasteiger partial charge in [-0.2, -0.15) is 0 Å². The van der Waals surface area contributed by atoms with Gasteiger partial charge >= 0.3 is 0 Å². The van der Waals surface area contributed by atoms with Gasteiger partial charge in [0.05, 0.1) is 11.2 Å². The summed E-state index contributed by atoms with van der Waals surface area (Å²) in [5, 5.41) is 0. The van der Waals surface area contributed by atoms with Gasteiger partial charge in [-0.05, 0) is 175 Å². The van der Waals surface area contributed by atoms with E-state index >= 15 is 0 Å². The summed E-state index contributed by atoms with van der Waals surface area (Å²) in [7, 11) is 0. The van der Waals surface area contributed by atoms with E-state index in [0.29, 0.717) is 0 Å². The van der Waals surface area contributed by atoms with Crippen LogP contribution in [0.5, 0.6) is 0 Å². The molecule has 0 fully saturated rings. The fourth-order valence-corrected chi connectivity index (χ4v) is 13.6. The van der Waals surface area contributed by atoms with Crippen LogP contribution in [0.2, 0.25) is 0 Å². The average Bonchev–Trinajstić information content (AvgIpc) is 3.69. The second kappa shape index (κ2) is 16.6. The summed E-state index contributed by atoms with van der Waals surface area (Å²) in [5.41, 5.74) is 26.8. The number of benzene rings is 8. The lowest BCUT2D eigenvalue weighted by Gasteiger charge is -2.51. The zero-order valence-corrected chi connectivity index (χ0v) is 47.4. The molecule has 8 aromatic rings. The van der Waals surface area contributed by atoms with Crippen LogP contribution in [-0.4, -0.2) is 6.71 Å². The first-order valence-electron chi connectivity index (χ1n) is 27.8. The van der Waals surface area contributed by atoms with Crippen LogP contribution in [-0.2, 0) is 39.0 Å². The molecule has 4 heteroatoms. The van der Waals surface area contributed by atoms with Gasteiger partial charge in [0.1, 0.15) is 0 Å². The molecule has 3 heterocycles. The average molecular weight is 982 g/mol. The zero-order chi connectivity index (χ0) is 52.9. The van der Waals surface area contributed by atoms with Crippen LogP contribution in [0.4, 0.5) is 45.5 Å². The summed E-state index contributed by atoms with van der Waals surface area (Å²) in [6, 6.07) is 64.4. The van der Waals surface area contributed by atoms with Crippen LogP contribution in [0.15, 0.2) is 164 Å². The Morgan fingerprint density at radius 3 is 1.60 bits per heavy atom. The molecular weight excluding hydrogens is 906 g/mol. The highest BCUT2D eigenvalue weighted by Crippen LogP contribution is 2.64. The lowest BCUT2D eigenvalue weighted by atomic mass is 9.33. The Bertz CT molecular complexity index is 3600. The SMILES string of the molecule is Cc1cc2c3c(c1)N(c1ccc(C(C)(C)C)cc1-c1ccccc1)c1cc(C(C)(C)C)ccc1B3c1ccc(N3c4ccc(C(C)(C)C)cc4C4(C)CCc5ccccc5C34C)cc1N2c1ccc(C(C)(C)C)cc1. The Balaban J connectivity index is 1.15. The third-order valence-electron chi connectivity index (χ3n) is 18.2. The molecule has 0 saturated carbocycles. The minimum absolute atomic E-state index is 0.0165. The van der Waals surface area contributed by atoms with Crippen LogP contribution < -0.4 is 31.1 Å². The van der Waals surface area contributed by atoms with Gasteiger partial charge < -0.3 is 14.7 Å². The second-order valence-electron chi connectivity index (χ2n) is 27.1. The summed E-state index contributed by atoms with van der Waals surface area (Å²) >= 11 is 0. The molecule has 8 aromatic carbocycles. The highest BCUT2D eigenvalue weighted by Gasteiger charge is 2.60. The van der Waals surface area contributed by atoms with Crippen molar-refractivity contribution in [3.8, 4) is 11.1 Å². The Kier molecular flexibility index (Phi) is 10.9. The van der Waals surface area contributed by atoms with Crippen molar-refractivity contribution in [3.05, 3.63) is 208 Å². The number of rotatable bonds is 4. The third kappa shape index (κ3) is 7.50. The zero-order valence-electron chi connectivity index (χ0n) is 47.4. The van der Waals surface area contributed by atoms with Crippen molar-refractivity contribution in [1.82, 2.24) is 0 Å². The van der Waals surface area contributed by atoms with Crippen molar-refractivity contribution in [1.29, 1.82) is 0 Å². The van der Waals surface area contributed by atoms with Gasteiger partial charge in [0.2, 0.25) is 0 Å². The highest BCUT2D eigenvalue weighted by atomic mass is 15.3. The predicted octanol–water partition coefficient (Wildman–Crippen LogP) is 17.2. The van der Waals surface area contributed by atoms with Crippen molar-refractivity contribution in [3.63, 3.8) is 0 Å². The van der Waals surface area contributed by atoms with Crippen molar-refractivity contribution in [2.75, 3.05) is 14.7 Å². The van der Waals surface area contributed by atoms with Gasteiger partial charge in [-0.25, -0.2) is 0 Å². The minimum Gasteiger partial charge on any atom is -0.330 e. The van der Waals surface area contributed by atoms with E-state index in [4.69, 9.17) is 0 Å². The molecule has 1 aliphatic carbocycles. The molecule has 0 saturated heterocycles. The molecule has 2 unspecified atom stereocenters. The van der Waals surface area contributed by atoms with Crippen LogP contribution in [0.3, 0.4) is 0 Å². The predicted molar refractivity (Wildman–Crippen MR) is 323 cm³/mol. The maximum absolute atomic E-state index is 2.75. The molecule has 3 nitrogen and oxygen atoms in total. The monoisotopic (exact) mass is 982 g/mol. The quantitative estimate of drug-likeness (QED) is 0.163. The molecule has 75 heavy (non-hydrogen) atoms. The molecule has 0 amide bonds. The minimum atomic E-state index is -0.343. The van der Waals surface area contributed by atoms with Crippen LogP contribution in [0.1, 0.15) is 148 Å². The molecule has 4 aliphatic rings. The van der Waals surface area contributed by atoms with E-state index in [0.717, 1.165) is 12.8 Å². The molecule has 378 valence electrons. The second-order valence-corrected chi connectivity index (χ2v) is 27.1. The molecular formula is C71H76BN3. The molecule has 0 aromatic heterocycles. The first-order chi connectivity index (χ1) is 35.4. The summed E-state index contributed by atoms with van der Waals surface area (Å²) in [6.07, 6.45) is 2.15. The Labute approximate surface area is 449 Å². The van der Waals surface area contributed by atoms with Crippen molar-refractivity contribution in [2.24, 2.45) is 0 Å². The molecule has 12 rings (SSSR count). The Morgan fingerprint density at radius 2 is 0.947 bits per heavy atom. The van der Waals surface area contributed by atoms with Gasteiger partial charge in [-0.3, -0.25) is 0 Å². The number of hydrogen-bond acceptors (Lipinski definition) is 3. The van der Waals surface area contributed by atoms with E-state index in [9.17, 15) is 0 Å². The van der Waals surface area contributed by atoms with Crippen LogP contribution in [0, 0.1) is 6.92 Å². The lowest BCUT2D eigenvalue weighted by Crippen LogP contribution is -2.61. The maximum Gasteiger partial charge on any atom is 0.252 e. The largest absolute Gasteiger partial charge is 0.330 e. The first-order valence-corrected chi connectivity index (χ1v) is 27.8. The number of anilines is 8. The van der Waals surface area contributed by atoms with Gasteiger partial charge in [0, 0.05) is 50.8 Å².